The fourth-order valence-electron chi connectivity index (χ4n) is 1.54. The van der Waals surface area contributed by atoms with Crippen molar-refractivity contribution < 1.29 is 30.5 Å². The molecule has 122 valence electrons. The zero-order chi connectivity index (χ0) is 16.7. The van der Waals surface area contributed by atoms with Gasteiger partial charge >= 0.3 is 0 Å². The van der Waals surface area contributed by atoms with Gasteiger partial charge in [0.2, 0.25) is 0 Å². The molecule has 0 saturated heterocycles. The SMILES string of the molecule is O=[N+]([O-])c1ccccc1NN=C[C@@H](O)[C@@H](O)[C@H](O)[C@H](O)CO. The Morgan fingerprint density at radius 1 is 1.23 bits per heavy atom. The van der Waals surface area contributed by atoms with Crippen molar-refractivity contribution in [3.05, 3.63) is 34.4 Å². The quantitative estimate of drug-likeness (QED) is 0.190. The number of nitro benzene ring substituents is 1. The lowest BCUT2D eigenvalue weighted by Gasteiger charge is -2.23. The molecule has 0 aromatic heterocycles. The van der Waals surface area contributed by atoms with Gasteiger partial charge in [-0.05, 0) is 6.07 Å². The van der Waals surface area contributed by atoms with Gasteiger partial charge in [0, 0.05) is 6.07 Å². The van der Waals surface area contributed by atoms with E-state index >= 15 is 0 Å². The van der Waals surface area contributed by atoms with Crippen LogP contribution in [-0.4, -0.2) is 67.7 Å². The molecule has 6 N–H and O–H groups in total. The summed E-state index contributed by atoms with van der Waals surface area (Å²) in [4.78, 5) is 10.1. The minimum atomic E-state index is -1.79. The Morgan fingerprint density at radius 2 is 1.86 bits per heavy atom. The van der Waals surface area contributed by atoms with Crippen LogP contribution in [0.15, 0.2) is 29.4 Å². The van der Waals surface area contributed by atoms with Gasteiger partial charge in [0.05, 0.1) is 17.7 Å². The van der Waals surface area contributed by atoms with Crippen LogP contribution in [-0.2, 0) is 0 Å². The van der Waals surface area contributed by atoms with E-state index in [9.17, 15) is 25.4 Å². The first kappa shape index (κ1) is 17.9. The van der Waals surface area contributed by atoms with Crippen LogP contribution in [0.3, 0.4) is 0 Å². The zero-order valence-corrected chi connectivity index (χ0v) is 11.4. The molecule has 0 spiro atoms. The summed E-state index contributed by atoms with van der Waals surface area (Å²) in [6.07, 6.45) is -6.06. The number of nitrogens with one attached hydrogen (secondary N) is 1. The molecule has 10 heteroatoms. The first-order chi connectivity index (χ1) is 10.4. The number of benzene rings is 1. The number of aliphatic hydroxyl groups is 5. The van der Waals surface area contributed by atoms with Gasteiger partial charge in [-0.25, -0.2) is 0 Å². The van der Waals surface area contributed by atoms with Crippen molar-refractivity contribution in [2.24, 2.45) is 5.10 Å². The van der Waals surface area contributed by atoms with Crippen molar-refractivity contribution in [1.29, 1.82) is 0 Å². The van der Waals surface area contributed by atoms with Gasteiger partial charge in [-0.15, -0.1) is 0 Å². The summed E-state index contributed by atoms with van der Waals surface area (Å²) in [5.74, 6) is 0. The largest absolute Gasteiger partial charge is 0.394 e. The van der Waals surface area contributed by atoms with Gasteiger partial charge in [-0.3, -0.25) is 15.5 Å². The average Bonchev–Trinajstić information content (AvgIpc) is 2.52. The molecular weight excluding hydrogens is 298 g/mol. The van der Waals surface area contributed by atoms with Crippen molar-refractivity contribution >= 4 is 17.6 Å². The van der Waals surface area contributed by atoms with E-state index in [-0.39, 0.29) is 11.4 Å². The van der Waals surface area contributed by atoms with Crippen LogP contribution in [0.4, 0.5) is 11.4 Å². The number of hydrogen-bond donors (Lipinski definition) is 6. The van der Waals surface area contributed by atoms with Crippen molar-refractivity contribution in [2.45, 2.75) is 24.4 Å². The van der Waals surface area contributed by atoms with Gasteiger partial charge in [-0.1, -0.05) is 12.1 Å². The zero-order valence-electron chi connectivity index (χ0n) is 11.4. The molecule has 1 aromatic rings. The number of nitro groups is 1. The minimum absolute atomic E-state index is 0.0707. The van der Waals surface area contributed by atoms with E-state index in [4.69, 9.17) is 10.2 Å². The fraction of sp³-hybridized carbons (Fsp3) is 0.417. The molecule has 10 nitrogen and oxygen atoms in total. The molecule has 0 radical (unpaired) electrons. The van der Waals surface area contributed by atoms with Crippen LogP contribution < -0.4 is 5.43 Å². The Labute approximate surface area is 125 Å². The van der Waals surface area contributed by atoms with E-state index in [1.54, 1.807) is 0 Å². The smallest absolute Gasteiger partial charge is 0.294 e. The number of hydrogen-bond acceptors (Lipinski definition) is 9. The van der Waals surface area contributed by atoms with Crippen LogP contribution in [0.1, 0.15) is 0 Å². The number of hydrazone groups is 1. The maximum atomic E-state index is 10.8. The van der Waals surface area contributed by atoms with Gasteiger partial charge in [0.25, 0.3) is 5.69 Å². The molecule has 1 aromatic carbocycles. The lowest BCUT2D eigenvalue weighted by Crippen LogP contribution is -2.46. The van der Waals surface area contributed by atoms with Crippen molar-refractivity contribution in [1.82, 2.24) is 0 Å². The molecule has 0 aliphatic carbocycles. The van der Waals surface area contributed by atoms with Gasteiger partial charge in [-0.2, -0.15) is 5.10 Å². The Bertz CT molecular complexity index is 525. The predicted molar refractivity (Wildman–Crippen MR) is 76.3 cm³/mol. The highest BCUT2D eigenvalue weighted by Gasteiger charge is 2.29. The summed E-state index contributed by atoms with van der Waals surface area (Å²) < 4.78 is 0. The third kappa shape index (κ3) is 4.72. The second kappa shape index (κ2) is 8.36. The molecule has 0 fully saturated rings. The number of aliphatic hydroxyl groups excluding tert-OH is 5. The number of para-hydroxylation sites is 2. The first-order valence-electron chi connectivity index (χ1n) is 6.24. The van der Waals surface area contributed by atoms with Crippen LogP contribution in [0.5, 0.6) is 0 Å². The molecule has 0 unspecified atom stereocenters. The lowest BCUT2D eigenvalue weighted by atomic mass is 10.0. The monoisotopic (exact) mass is 315 g/mol. The van der Waals surface area contributed by atoms with Crippen LogP contribution >= 0.6 is 0 Å². The summed E-state index contributed by atoms with van der Waals surface area (Å²) >= 11 is 0. The Kier molecular flexibility index (Phi) is 6.82. The fourth-order valence-corrected chi connectivity index (χ4v) is 1.54. The molecule has 0 saturated carbocycles. The Morgan fingerprint density at radius 3 is 2.45 bits per heavy atom. The molecule has 22 heavy (non-hydrogen) atoms. The lowest BCUT2D eigenvalue weighted by molar-refractivity contribution is -0.384. The molecule has 1 rings (SSSR count). The van der Waals surface area contributed by atoms with E-state index < -0.39 is 35.9 Å². The van der Waals surface area contributed by atoms with E-state index in [0.29, 0.717) is 0 Å². The highest BCUT2D eigenvalue weighted by atomic mass is 16.6. The van der Waals surface area contributed by atoms with Crippen LogP contribution in [0, 0.1) is 10.1 Å². The van der Waals surface area contributed by atoms with Gasteiger partial charge < -0.3 is 25.5 Å². The number of nitrogens with zero attached hydrogens (tertiary/aromatic N) is 2. The highest BCUT2D eigenvalue weighted by molar-refractivity contribution is 5.67. The maximum absolute atomic E-state index is 10.8. The first-order valence-corrected chi connectivity index (χ1v) is 6.24. The second-order valence-electron chi connectivity index (χ2n) is 4.39. The normalized spacial score (nSPS) is 17.0. The van der Waals surface area contributed by atoms with Crippen LogP contribution in [0.2, 0.25) is 0 Å². The molecule has 4 atom stereocenters. The number of anilines is 1. The summed E-state index contributed by atoms with van der Waals surface area (Å²) in [5, 5.41) is 60.6. The van der Waals surface area contributed by atoms with Crippen molar-refractivity contribution in [3.63, 3.8) is 0 Å². The third-order valence-electron chi connectivity index (χ3n) is 2.79. The molecule has 0 heterocycles. The second-order valence-corrected chi connectivity index (χ2v) is 4.39. The van der Waals surface area contributed by atoms with Crippen molar-refractivity contribution in [3.8, 4) is 0 Å². The van der Waals surface area contributed by atoms with Gasteiger partial charge in [0.1, 0.15) is 30.1 Å². The maximum Gasteiger partial charge on any atom is 0.294 e. The van der Waals surface area contributed by atoms with Gasteiger partial charge in [0.15, 0.2) is 0 Å². The minimum Gasteiger partial charge on any atom is -0.394 e. The molecular formula is C12H17N3O7. The Balaban J connectivity index is 2.68. The summed E-state index contributed by atoms with van der Waals surface area (Å²) in [6.45, 7) is -0.795. The highest BCUT2D eigenvalue weighted by Crippen LogP contribution is 2.22. The average molecular weight is 315 g/mol. The predicted octanol–water partition coefficient (Wildman–Crippen LogP) is -1.57. The van der Waals surface area contributed by atoms with Crippen molar-refractivity contribution in [2.75, 3.05) is 12.0 Å². The molecule has 0 bridgehead atoms. The molecule has 0 amide bonds. The summed E-state index contributed by atoms with van der Waals surface area (Å²) in [5.41, 5.74) is 2.17. The standard InChI is InChI=1S/C12H17N3O7/c16-6-10(18)12(20)11(19)9(17)5-13-14-7-3-1-2-4-8(7)15(21)22/h1-5,9-12,14,16-20H,6H2/t9-,10-,11-,12-/m1/s1. The third-order valence-corrected chi connectivity index (χ3v) is 2.79. The van der Waals surface area contributed by atoms with E-state index in [2.05, 4.69) is 10.5 Å². The molecule has 0 aliphatic heterocycles. The van der Waals surface area contributed by atoms with E-state index in [1.807, 2.05) is 0 Å². The number of rotatable bonds is 8. The molecule has 0 aliphatic rings. The van der Waals surface area contributed by atoms with Crippen LogP contribution in [0.25, 0.3) is 0 Å². The Hall–Kier alpha value is -2.11. The summed E-state index contributed by atoms with van der Waals surface area (Å²) in [6, 6.07) is 5.66. The summed E-state index contributed by atoms with van der Waals surface area (Å²) in [7, 11) is 0. The van der Waals surface area contributed by atoms with E-state index in [0.717, 1.165) is 6.21 Å². The van der Waals surface area contributed by atoms with E-state index in [1.165, 1.54) is 24.3 Å². The topological polar surface area (TPSA) is 169 Å².